The Kier molecular flexibility index (Phi) is 12.6. The fraction of sp³-hybridized carbons (Fsp3) is 0.429. The van der Waals surface area contributed by atoms with Crippen molar-refractivity contribution >= 4 is 35.2 Å². The lowest BCUT2D eigenvalue weighted by Gasteiger charge is -2.23. The van der Waals surface area contributed by atoms with Gasteiger partial charge in [-0.15, -0.1) is 0 Å². The number of halogens is 1. The molecular formula is C28H37ClN4O6. The van der Waals surface area contributed by atoms with Gasteiger partial charge in [0.1, 0.15) is 17.5 Å². The van der Waals surface area contributed by atoms with Crippen molar-refractivity contribution in [1.82, 2.24) is 21.3 Å². The van der Waals surface area contributed by atoms with Gasteiger partial charge in [-0.1, -0.05) is 44.5 Å². The number of urea groups is 1. The van der Waals surface area contributed by atoms with Crippen LogP contribution in [-0.2, 0) is 27.5 Å². The van der Waals surface area contributed by atoms with Crippen molar-refractivity contribution in [2.24, 2.45) is 5.92 Å². The van der Waals surface area contributed by atoms with Gasteiger partial charge >= 0.3 is 6.03 Å². The van der Waals surface area contributed by atoms with Crippen molar-refractivity contribution in [3.05, 3.63) is 58.6 Å². The van der Waals surface area contributed by atoms with E-state index in [9.17, 15) is 19.2 Å². The monoisotopic (exact) mass is 560 g/mol. The predicted molar refractivity (Wildman–Crippen MR) is 149 cm³/mol. The van der Waals surface area contributed by atoms with Crippen molar-refractivity contribution < 1.29 is 28.7 Å². The van der Waals surface area contributed by atoms with Gasteiger partial charge in [0.25, 0.3) is 5.91 Å². The average Bonchev–Trinajstić information content (AvgIpc) is 2.92. The Balaban J connectivity index is 1.98. The molecule has 0 heterocycles. The summed E-state index contributed by atoms with van der Waals surface area (Å²) in [7, 11) is 3.03. The molecule has 0 aromatic heterocycles. The molecule has 2 aromatic carbocycles. The maximum atomic E-state index is 13.1. The minimum absolute atomic E-state index is 0.0623. The first-order chi connectivity index (χ1) is 18.6. The van der Waals surface area contributed by atoms with Crippen LogP contribution >= 0.6 is 11.6 Å². The Morgan fingerprint density at radius 3 is 2.05 bits per heavy atom. The molecular weight excluding hydrogens is 524 g/mol. The summed E-state index contributed by atoms with van der Waals surface area (Å²) in [4.78, 5) is 51.0. The number of amides is 4. The summed E-state index contributed by atoms with van der Waals surface area (Å²) in [6.07, 6.45) is 0.533. The summed E-state index contributed by atoms with van der Waals surface area (Å²) in [6.45, 7) is 5.79. The summed E-state index contributed by atoms with van der Waals surface area (Å²) in [5, 5.41) is 11.1. The van der Waals surface area contributed by atoms with E-state index in [0.29, 0.717) is 28.5 Å². The maximum absolute atomic E-state index is 13.1. The third kappa shape index (κ3) is 10.5. The molecule has 4 N–H and O–H groups in total. The number of methoxy groups -OCH3 is 2. The van der Waals surface area contributed by atoms with Gasteiger partial charge in [-0.3, -0.25) is 14.4 Å². The second-order valence-electron chi connectivity index (χ2n) is 9.38. The van der Waals surface area contributed by atoms with Gasteiger partial charge in [0.05, 0.1) is 20.3 Å². The zero-order valence-corrected chi connectivity index (χ0v) is 23.7. The van der Waals surface area contributed by atoms with Crippen LogP contribution in [-0.4, -0.2) is 49.9 Å². The molecule has 0 saturated heterocycles. The zero-order chi connectivity index (χ0) is 28.9. The summed E-state index contributed by atoms with van der Waals surface area (Å²) in [5.74, 6) is -1.00. The number of carbonyl (C=O) groups excluding carboxylic acids is 4. The van der Waals surface area contributed by atoms with Crippen molar-refractivity contribution in [3.63, 3.8) is 0 Å². The van der Waals surface area contributed by atoms with Crippen LogP contribution < -0.4 is 30.7 Å². The molecule has 0 saturated carbocycles. The number of carbonyl (C=O) groups is 4. The van der Waals surface area contributed by atoms with E-state index in [4.69, 9.17) is 21.1 Å². The van der Waals surface area contributed by atoms with Gasteiger partial charge in [-0.25, -0.2) is 4.79 Å². The van der Waals surface area contributed by atoms with E-state index >= 15 is 0 Å². The minimum atomic E-state index is -1.05. The number of ketones is 1. The summed E-state index contributed by atoms with van der Waals surface area (Å²) in [6, 6.07) is 9.68. The van der Waals surface area contributed by atoms with Crippen molar-refractivity contribution in [2.75, 3.05) is 14.2 Å². The maximum Gasteiger partial charge on any atom is 0.315 e. The van der Waals surface area contributed by atoms with Crippen LogP contribution in [0.5, 0.6) is 11.5 Å². The van der Waals surface area contributed by atoms with E-state index in [1.165, 1.54) is 14.2 Å². The first-order valence-electron chi connectivity index (χ1n) is 12.7. The molecule has 0 aliphatic rings. The van der Waals surface area contributed by atoms with E-state index in [1.807, 2.05) is 19.9 Å². The molecule has 2 unspecified atom stereocenters. The molecule has 0 aliphatic heterocycles. The zero-order valence-electron chi connectivity index (χ0n) is 22.9. The normalized spacial score (nSPS) is 12.2. The van der Waals surface area contributed by atoms with Crippen LogP contribution in [0.1, 0.15) is 44.7 Å². The fourth-order valence-corrected chi connectivity index (χ4v) is 3.98. The highest BCUT2D eigenvalue weighted by Gasteiger charge is 2.29. The smallest absolute Gasteiger partial charge is 0.315 e. The van der Waals surface area contributed by atoms with Gasteiger partial charge in [0, 0.05) is 24.2 Å². The molecule has 0 bridgehead atoms. The van der Waals surface area contributed by atoms with E-state index in [2.05, 4.69) is 21.3 Å². The van der Waals surface area contributed by atoms with Gasteiger partial charge in [0.15, 0.2) is 0 Å². The average molecular weight is 561 g/mol. The number of nitrogens with one attached hydrogen (secondary N) is 4. The molecule has 0 aliphatic carbocycles. The van der Waals surface area contributed by atoms with Crippen LogP contribution in [0.2, 0.25) is 5.02 Å². The lowest BCUT2D eigenvalue weighted by molar-refractivity contribution is -0.140. The second kappa shape index (κ2) is 15.6. The van der Waals surface area contributed by atoms with Crippen molar-refractivity contribution in [1.29, 1.82) is 0 Å². The Morgan fingerprint density at radius 1 is 0.846 bits per heavy atom. The number of rotatable bonds is 14. The van der Waals surface area contributed by atoms with Crippen molar-refractivity contribution in [3.8, 4) is 11.5 Å². The summed E-state index contributed by atoms with van der Waals surface area (Å²) in [5.41, 5.74) is 1.48. The second-order valence-corrected chi connectivity index (χ2v) is 9.81. The highest BCUT2D eigenvalue weighted by atomic mass is 35.5. The molecule has 4 amide bonds. The van der Waals surface area contributed by atoms with Crippen LogP contribution in [0.3, 0.4) is 0 Å². The van der Waals surface area contributed by atoms with Crippen molar-refractivity contribution in [2.45, 2.75) is 58.8 Å². The SMILES string of the molecule is CCC(NC(=O)C(CC(C)C)NC(=O)NCc1cccc(Cl)c1)C(=O)C(=O)NCc1cc(OC)cc(OC)c1. The quantitative estimate of drug-likeness (QED) is 0.262. The Hall–Kier alpha value is -3.79. The molecule has 0 spiro atoms. The number of benzene rings is 2. The minimum Gasteiger partial charge on any atom is -0.497 e. The largest absolute Gasteiger partial charge is 0.497 e. The molecule has 0 fully saturated rings. The third-order valence-electron chi connectivity index (χ3n) is 5.80. The Morgan fingerprint density at radius 2 is 1.49 bits per heavy atom. The molecule has 2 rings (SSSR count). The van der Waals surface area contributed by atoms with Gasteiger partial charge < -0.3 is 30.7 Å². The van der Waals surface area contributed by atoms with Crippen LogP contribution in [0.4, 0.5) is 4.79 Å². The van der Waals surface area contributed by atoms with E-state index < -0.39 is 35.7 Å². The molecule has 0 radical (unpaired) electrons. The highest BCUT2D eigenvalue weighted by Crippen LogP contribution is 2.22. The Bertz CT molecular complexity index is 1130. The summed E-state index contributed by atoms with van der Waals surface area (Å²) < 4.78 is 10.4. The van der Waals surface area contributed by atoms with Gasteiger partial charge in [0.2, 0.25) is 11.7 Å². The van der Waals surface area contributed by atoms with Crippen LogP contribution in [0, 0.1) is 5.92 Å². The topological polar surface area (TPSA) is 135 Å². The molecule has 11 heteroatoms. The number of hydrogen-bond donors (Lipinski definition) is 4. The first-order valence-corrected chi connectivity index (χ1v) is 13.1. The summed E-state index contributed by atoms with van der Waals surface area (Å²) >= 11 is 5.98. The Labute approximate surface area is 234 Å². The molecule has 39 heavy (non-hydrogen) atoms. The standard InChI is InChI=1S/C28H37ClN4O6/c1-6-23(25(34)27(36)30-16-19-12-21(38-4)14-22(13-19)39-5)32-26(35)24(10-17(2)3)33-28(37)31-15-18-8-7-9-20(29)11-18/h7-9,11-14,17,23-24H,6,10,15-16H2,1-5H3,(H,30,36)(H,32,35)(H2,31,33,37). The predicted octanol–water partition coefficient (Wildman–Crippen LogP) is 3.35. The molecule has 212 valence electrons. The van der Waals surface area contributed by atoms with Gasteiger partial charge in [-0.05, 0) is 54.2 Å². The van der Waals surface area contributed by atoms with E-state index in [-0.39, 0.29) is 25.4 Å². The lowest BCUT2D eigenvalue weighted by Crippen LogP contribution is -2.55. The molecule has 2 aromatic rings. The van der Waals surface area contributed by atoms with E-state index in [1.54, 1.807) is 43.3 Å². The lowest BCUT2D eigenvalue weighted by atomic mass is 10.0. The fourth-order valence-electron chi connectivity index (χ4n) is 3.76. The van der Waals surface area contributed by atoms with Crippen LogP contribution in [0.25, 0.3) is 0 Å². The molecule has 2 atom stereocenters. The van der Waals surface area contributed by atoms with Gasteiger partial charge in [-0.2, -0.15) is 0 Å². The third-order valence-corrected chi connectivity index (χ3v) is 6.04. The first kappa shape index (κ1) is 31.4. The molecule has 10 nitrogen and oxygen atoms in total. The van der Waals surface area contributed by atoms with Crippen LogP contribution in [0.15, 0.2) is 42.5 Å². The number of hydrogen-bond acceptors (Lipinski definition) is 6. The highest BCUT2D eigenvalue weighted by molar-refractivity contribution is 6.38. The number of ether oxygens (including phenoxy) is 2. The number of Topliss-reactive ketones (excluding diaryl/α,β-unsaturated/α-hetero) is 1. The van der Waals surface area contributed by atoms with E-state index in [0.717, 1.165) is 5.56 Å².